The molecular weight excluding hydrogens is 390 g/mol. The lowest BCUT2D eigenvalue weighted by molar-refractivity contribution is -0.124. The molecule has 0 bridgehead atoms. The molecule has 0 aliphatic heterocycles. The minimum Gasteiger partial charge on any atom is -0.350 e. The molecule has 0 spiro atoms. The molecular formula is C25H33N3O3. The Morgan fingerprint density at radius 3 is 2.23 bits per heavy atom. The lowest BCUT2D eigenvalue weighted by Crippen LogP contribution is -2.49. The normalized spacial score (nSPS) is 11.8. The SMILES string of the molecule is Cc1ccc(C(=O)NC(C(=O)NCc2cccc(NC(=O)CC(C)C)c2)C(C)C)cc1. The van der Waals surface area contributed by atoms with Gasteiger partial charge in [0.2, 0.25) is 11.8 Å². The first-order valence-electron chi connectivity index (χ1n) is 10.7. The zero-order valence-corrected chi connectivity index (χ0v) is 19.0. The summed E-state index contributed by atoms with van der Waals surface area (Å²) in [6.45, 7) is 10.0. The summed E-state index contributed by atoms with van der Waals surface area (Å²) in [6, 6.07) is 14.0. The van der Waals surface area contributed by atoms with Crippen LogP contribution < -0.4 is 16.0 Å². The van der Waals surface area contributed by atoms with Gasteiger partial charge in [-0.2, -0.15) is 0 Å². The molecule has 31 heavy (non-hydrogen) atoms. The quantitative estimate of drug-likeness (QED) is 0.569. The van der Waals surface area contributed by atoms with Crippen LogP contribution in [0.3, 0.4) is 0 Å². The highest BCUT2D eigenvalue weighted by atomic mass is 16.2. The molecule has 2 aromatic rings. The fourth-order valence-electron chi connectivity index (χ4n) is 3.11. The summed E-state index contributed by atoms with van der Waals surface area (Å²) in [4.78, 5) is 37.3. The maximum absolute atomic E-state index is 12.8. The van der Waals surface area contributed by atoms with E-state index in [1.807, 2.05) is 71.0 Å². The number of anilines is 1. The number of hydrogen-bond donors (Lipinski definition) is 3. The van der Waals surface area contributed by atoms with Crippen molar-refractivity contribution in [1.82, 2.24) is 10.6 Å². The van der Waals surface area contributed by atoms with Crippen molar-refractivity contribution in [3.8, 4) is 0 Å². The summed E-state index contributed by atoms with van der Waals surface area (Å²) in [5.74, 6) is -0.343. The van der Waals surface area contributed by atoms with Crippen molar-refractivity contribution in [2.24, 2.45) is 11.8 Å². The van der Waals surface area contributed by atoms with Crippen LogP contribution in [-0.4, -0.2) is 23.8 Å². The minimum atomic E-state index is -0.650. The minimum absolute atomic E-state index is 0.0325. The van der Waals surface area contributed by atoms with Crippen molar-refractivity contribution < 1.29 is 14.4 Å². The van der Waals surface area contributed by atoms with E-state index >= 15 is 0 Å². The van der Waals surface area contributed by atoms with Gasteiger partial charge in [0.25, 0.3) is 5.91 Å². The number of carbonyl (C=O) groups is 3. The van der Waals surface area contributed by atoms with Crippen LogP contribution in [0.5, 0.6) is 0 Å². The largest absolute Gasteiger partial charge is 0.350 e. The van der Waals surface area contributed by atoms with E-state index in [0.29, 0.717) is 24.2 Å². The highest BCUT2D eigenvalue weighted by Crippen LogP contribution is 2.13. The molecule has 3 N–H and O–H groups in total. The molecule has 0 fully saturated rings. The average Bonchev–Trinajstić information content (AvgIpc) is 2.70. The molecule has 0 radical (unpaired) electrons. The van der Waals surface area contributed by atoms with E-state index in [1.165, 1.54) is 0 Å². The van der Waals surface area contributed by atoms with Gasteiger partial charge in [-0.25, -0.2) is 0 Å². The summed E-state index contributed by atoms with van der Waals surface area (Å²) >= 11 is 0. The Bertz CT molecular complexity index is 904. The molecule has 6 nitrogen and oxygen atoms in total. The van der Waals surface area contributed by atoms with Gasteiger partial charge in [-0.15, -0.1) is 0 Å². The van der Waals surface area contributed by atoms with E-state index in [-0.39, 0.29) is 29.6 Å². The Morgan fingerprint density at radius 2 is 1.61 bits per heavy atom. The molecule has 2 aromatic carbocycles. The second-order valence-corrected chi connectivity index (χ2v) is 8.63. The van der Waals surface area contributed by atoms with Crippen molar-refractivity contribution in [2.45, 2.75) is 53.6 Å². The Hall–Kier alpha value is -3.15. The molecule has 0 aliphatic carbocycles. The van der Waals surface area contributed by atoms with Crippen molar-refractivity contribution in [3.05, 3.63) is 65.2 Å². The molecule has 0 saturated carbocycles. The third-order valence-electron chi connectivity index (χ3n) is 4.82. The van der Waals surface area contributed by atoms with Crippen LogP contribution in [0.15, 0.2) is 48.5 Å². The Morgan fingerprint density at radius 1 is 0.935 bits per heavy atom. The van der Waals surface area contributed by atoms with Crippen molar-refractivity contribution in [1.29, 1.82) is 0 Å². The van der Waals surface area contributed by atoms with Crippen molar-refractivity contribution >= 4 is 23.4 Å². The summed E-state index contributed by atoms with van der Waals surface area (Å²) in [5, 5.41) is 8.61. The number of amides is 3. The topological polar surface area (TPSA) is 87.3 Å². The van der Waals surface area contributed by atoms with E-state index in [0.717, 1.165) is 11.1 Å². The molecule has 6 heteroatoms. The van der Waals surface area contributed by atoms with Crippen LogP contribution in [-0.2, 0) is 16.1 Å². The van der Waals surface area contributed by atoms with Crippen LogP contribution in [0.4, 0.5) is 5.69 Å². The van der Waals surface area contributed by atoms with E-state index in [2.05, 4.69) is 16.0 Å². The average molecular weight is 424 g/mol. The van der Waals surface area contributed by atoms with Crippen LogP contribution in [0.2, 0.25) is 0 Å². The van der Waals surface area contributed by atoms with Crippen LogP contribution in [0, 0.1) is 18.8 Å². The van der Waals surface area contributed by atoms with Gasteiger partial charge in [0.15, 0.2) is 0 Å². The third kappa shape index (κ3) is 7.89. The fourth-order valence-corrected chi connectivity index (χ4v) is 3.11. The molecule has 0 aromatic heterocycles. The van der Waals surface area contributed by atoms with Crippen molar-refractivity contribution in [2.75, 3.05) is 5.32 Å². The first-order chi connectivity index (χ1) is 14.7. The number of nitrogens with one attached hydrogen (secondary N) is 3. The van der Waals surface area contributed by atoms with Crippen molar-refractivity contribution in [3.63, 3.8) is 0 Å². The van der Waals surface area contributed by atoms with Crippen LogP contribution in [0.1, 0.15) is 55.6 Å². The summed E-state index contributed by atoms with van der Waals surface area (Å²) in [7, 11) is 0. The Balaban J connectivity index is 1.97. The van der Waals surface area contributed by atoms with E-state index < -0.39 is 6.04 Å². The molecule has 1 unspecified atom stereocenters. The summed E-state index contributed by atoms with van der Waals surface area (Å²) in [6.07, 6.45) is 0.456. The van der Waals surface area contributed by atoms with Gasteiger partial charge in [-0.1, -0.05) is 57.5 Å². The molecule has 166 valence electrons. The van der Waals surface area contributed by atoms with Crippen LogP contribution in [0.25, 0.3) is 0 Å². The zero-order valence-electron chi connectivity index (χ0n) is 19.0. The molecule has 0 heterocycles. The van der Waals surface area contributed by atoms with Gasteiger partial charge in [-0.3, -0.25) is 14.4 Å². The number of hydrogen-bond acceptors (Lipinski definition) is 3. The number of aryl methyl sites for hydroxylation is 1. The highest BCUT2D eigenvalue weighted by molar-refractivity contribution is 5.97. The maximum Gasteiger partial charge on any atom is 0.251 e. The summed E-state index contributed by atoms with van der Waals surface area (Å²) < 4.78 is 0. The molecule has 2 rings (SSSR count). The molecule has 1 atom stereocenters. The van der Waals surface area contributed by atoms with Gasteiger partial charge >= 0.3 is 0 Å². The van der Waals surface area contributed by atoms with Gasteiger partial charge in [0.1, 0.15) is 6.04 Å². The molecule has 3 amide bonds. The fraction of sp³-hybridized carbons (Fsp3) is 0.400. The Labute approximate surface area is 184 Å². The first kappa shape index (κ1) is 24.1. The van der Waals surface area contributed by atoms with E-state index in [9.17, 15) is 14.4 Å². The second kappa shape index (κ2) is 11.3. The molecule has 0 saturated heterocycles. The predicted octanol–water partition coefficient (Wildman–Crippen LogP) is 4.05. The molecule has 0 aliphatic rings. The smallest absolute Gasteiger partial charge is 0.251 e. The Kier molecular flexibility index (Phi) is 8.79. The van der Waals surface area contributed by atoms with E-state index in [1.54, 1.807) is 12.1 Å². The number of benzene rings is 2. The third-order valence-corrected chi connectivity index (χ3v) is 4.82. The standard InChI is InChI=1S/C25H33N3O3/c1-16(2)13-22(29)27-21-8-6-7-19(14-21)15-26-25(31)23(17(3)4)28-24(30)20-11-9-18(5)10-12-20/h6-12,14,16-17,23H,13,15H2,1-5H3,(H,26,31)(H,27,29)(H,28,30). The highest BCUT2D eigenvalue weighted by Gasteiger charge is 2.24. The summed E-state index contributed by atoms with van der Waals surface area (Å²) in [5.41, 5.74) is 3.15. The second-order valence-electron chi connectivity index (χ2n) is 8.63. The number of carbonyl (C=O) groups excluding carboxylic acids is 3. The maximum atomic E-state index is 12.8. The zero-order chi connectivity index (χ0) is 23.0. The predicted molar refractivity (Wildman–Crippen MR) is 124 cm³/mol. The van der Waals surface area contributed by atoms with E-state index in [4.69, 9.17) is 0 Å². The van der Waals surface area contributed by atoms with Gasteiger partial charge in [0, 0.05) is 24.2 Å². The van der Waals surface area contributed by atoms with Gasteiger partial charge < -0.3 is 16.0 Å². The van der Waals surface area contributed by atoms with Gasteiger partial charge in [0.05, 0.1) is 0 Å². The lowest BCUT2D eigenvalue weighted by Gasteiger charge is -2.22. The van der Waals surface area contributed by atoms with Gasteiger partial charge in [-0.05, 0) is 48.6 Å². The lowest BCUT2D eigenvalue weighted by atomic mass is 10.0. The first-order valence-corrected chi connectivity index (χ1v) is 10.7. The monoisotopic (exact) mass is 423 g/mol. The number of rotatable bonds is 9. The van der Waals surface area contributed by atoms with Crippen LogP contribution >= 0.6 is 0 Å².